The Labute approximate surface area is 106 Å². The predicted molar refractivity (Wildman–Crippen MR) is 63.3 cm³/mol. The van der Waals surface area contributed by atoms with Crippen LogP contribution in [0.2, 0.25) is 0 Å². The molecule has 0 saturated carbocycles. The number of rotatable bonds is 3. The number of primary sulfonamides is 1. The highest BCUT2D eigenvalue weighted by Gasteiger charge is 2.24. The summed E-state index contributed by atoms with van der Waals surface area (Å²) in [5, 5.41) is 6.44. The SMILES string of the molecule is NS(=O)(=O)c1ccc(S(=O)(=O)c2nccs2)s1. The summed E-state index contributed by atoms with van der Waals surface area (Å²) in [6.45, 7) is 0. The number of aromatic nitrogens is 1. The highest BCUT2D eigenvalue weighted by atomic mass is 32.3. The highest BCUT2D eigenvalue weighted by Crippen LogP contribution is 2.30. The molecule has 0 radical (unpaired) electrons. The Kier molecular flexibility index (Phi) is 3.08. The quantitative estimate of drug-likeness (QED) is 0.897. The molecule has 0 aromatic carbocycles. The van der Waals surface area contributed by atoms with Gasteiger partial charge in [0, 0.05) is 11.6 Å². The van der Waals surface area contributed by atoms with E-state index in [1.807, 2.05) is 0 Å². The van der Waals surface area contributed by atoms with E-state index in [1.165, 1.54) is 23.7 Å². The molecule has 2 aromatic rings. The maximum absolute atomic E-state index is 12.0. The van der Waals surface area contributed by atoms with Crippen LogP contribution in [0.1, 0.15) is 0 Å². The highest BCUT2D eigenvalue weighted by molar-refractivity contribution is 7.96. The molecule has 0 aliphatic rings. The molecule has 17 heavy (non-hydrogen) atoms. The van der Waals surface area contributed by atoms with Crippen molar-refractivity contribution < 1.29 is 16.8 Å². The Hall–Kier alpha value is -0.810. The van der Waals surface area contributed by atoms with Crippen molar-refractivity contribution in [1.82, 2.24) is 4.98 Å². The van der Waals surface area contributed by atoms with Gasteiger partial charge in [-0.25, -0.2) is 27.0 Å². The molecule has 2 aromatic heterocycles. The topological polar surface area (TPSA) is 107 Å². The van der Waals surface area contributed by atoms with Crippen LogP contribution >= 0.6 is 22.7 Å². The van der Waals surface area contributed by atoms with Crippen molar-refractivity contribution in [3.63, 3.8) is 0 Å². The number of hydrogen-bond acceptors (Lipinski definition) is 7. The van der Waals surface area contributed by atoms with Gasteiger partial charge in [-0.15, -0.1) is 22.7 Å². The fourth-order valence-electron chi connectivity index (χ4n) is 1.03. The second kappa shape index (κ2) is 4.14. The minimum Gasteiger partial charge on any atom is -0.233 e. The fourth-order valence-corrected chi connectivity index (χ4v) is 5.67. The summed E-state index contributed by atoms with van der Waals surface area (Å²) in [6, 6.07) is 2.38. The zero-order valence-electron chi connectivity index (χ0n) is 8.10. The number of hydrogen-bond donors (Lipinski definition) is 1. The number of thiophene rings is 1. The molecule has 92 valence electrons. The van der Waals surface area contributed by atoms with Crippen molar-refractivity contribution >= 4 is 42.5 Å². The zero-order valence-corrected chi connectivity index (χ0v) is 11.4. The Bertz CT molecular complexity index is 727. The van der Waals surface area contributed by atoms with E-state index in [4.69, 9.17) is 5.14 Å². The maximum Gasteiger partial charge on any atom is 0.247 e. The first-order valence-corrected chi connectivity index (χ1v) is 8.81. The van der Waals surface area contributed by atoms with E-state index in [0.29, 0.717) is 11.3 Å². The summed E-state index contributed by atoms with van der Waals surface area (Å²) < 4.78 is 45.7. The third kappa shape index (κ3) is 2.40. The number of nitrogens with zero attached hydrogens (tertiary/aromatic N) is 1. The molecule has 6 nitrogen and oxygen atoms in total. The Balaban J connectivity index is 2.53. The summed E-state index contributed by atoms with van der Waals surface area (Å²) in [7, 11) is -7.60. The summed E-state index contributed by atoms with van der Waals surface area (Å²) in [5.41, 5.74) is 0. The third-order valence-electron chi connectivity index (χ3n) is 1.74. The first-order valence-electron chi connectivity index (χ1n) is 4.09. The van der Waals surface area contributed by atoms with Gasteiger partial charge in [0.15, 0.2) is 0 Å². The Morgan fingerprint density at radius 1 is 1.12 bits per heavy atom. The van der Waals surface area contributed by atoms with Gasteiger partial charge >= 0.3 is 0 Å². The molecule has 0 aliphatic carbocycles. The first kappa shape index (κ1) is 12.6. The van der Waals surface area contributed by atoms with Crippen LogP contribution in [0.4, 0.5) is 0 Å². The molecule has 0 fully saturated rings. The molecule has 0 atom stereocenters. The van der Waals surface area contributed by atoms with Crippen LogP contribution in [0.25, 0.3) is 0 Å². The minimum atomic E-state index is -3.87. The van der Waals surface area contributed by atoms with Crippen molar-refractivity contribution in [3.8, 4) is 0 Å². The van der Waals surface area contributed by atoms with Gasteiger partial charge < -0.3 is 0 Å². The van der Waals surface area contributed by atoms with Crippen molar-refractivity contribution in [2.24, 2.45) is 5.14 Å². The predicted octanol–water partition coefficient (Wildman–Crippen LogP) is 0.685. The molecule has 0 aliphatic heterocycles. The monoisotopic (exact) mass is 310 g/mol. The van der Waals surface area contributed by atoms with Crippen LogP contribution in [0.5, 0.6) is 0 Å². The number of sulfonamides is 1. The Morgan fingerprint density at radius 2 is 1.76 bits per heavy atom. The zero-order chi connectivity index (χ0) is 12.7. The van der Waals surface area contributed by atoms with Gasteiger partial charge in [0.05, 0.1) is 0 Å². The third-order valence-corrected chi connectivity index (χ3v) is 7.71. The molecule has 2 heterocycles. The molecule has 0 spiro atoms. The smallest absolute Gasteiger partial charge is 0.233 e. The van der Waals surface area contributed by atoms with Gasteiger partial charge in [-0.1, -0.05) is 0 Å². The molecule has 0 amide bonds. The average molecular weight is 310 g/mol. The lowest BCUT2D eigenvalue weighted by atomic mass is 10.7. The van der Waals surface area contributed by atoms with Crippen molar-refractivity contribution in [1.29, 1.82) is 0 Å². The van der Waals surface area contributed by atoms with E-state index < -0.39 is 19.9 Å². The van der Waals surface area contributed by atoms with Crippen molar-refractivity contribution in [3.05, 3.63) is 23.7 Å². The van der Waals surface area contributed by atoms with Gasteiger partial charge in [-0.2, -0.15) is 0 Å². The van der Waals surface area contributed by atoms with E-state index in [-0.39, 0.29) is 12.8 Å². The second-order valence-electron chi connectivity index (χ2n) is 2.92. The van der Waals surface area contributed by atoms with Gasteiger partial charge in [-0.3, -0.25) is 0 Å². The summed E-state index contributed by atoms with van der Waals surface area (Å²) in [6.07, 6.45) is 1.37. The van der Waals surface area contributed by atoms with Crippen LogP contribution in [-0.2, 0) is 19.9 Å². The van der Waals surface area contributed by atoms with Crippen LogP contribution in [0.15, 0.2) is 36.5 Å². The van der Waals surface area contributed by atoms with Gasteiger partial charge in [-0.05, 0) is 12.1 Å². The normalized spacial score (nSPS) is 12.8. The minimum absolute atomic E-state index is 0.0691. The largest absolute Gasteiger partial charge is 0.247 e. The van der Waals surface area contributed by atoms with E-state index in [1.54, 1.807) is 0 Å². The molecular formula is C7H6N2O4S4. The summed E-state index contributed by atoms with van der Waals surface area (Å²) in [4.78, 5) is 3.69. The van der Waals surface area contributed by atoms with Crippen molar-refractivity contribution in [2.45, 2.75) is 12.8 Å². The van der Waals surface area contributed by atoms with E-state index in [9.17, 15) is 16.8 Å². The van der Waals surface area contributed by atoms with Gasteiger partial charge in [0.1, 0.15) is 8.42 Å². The second-order valence-corrected chi connectivity index (χ2v) is 9.04. The molecular weight excluding hydrogens is 304 g/mol. The van der Waals surface area contributed by atoms with E-state index >= 15 is 0 Å². The molecule has 0 bridgehead atoms. The van der Waals surface area contributed by atoms with E-state index in [0.717, 1.165) is 11.3 Å². The molecule has 0 saturated heterocycles. The van der Waals surface area contributed by atoms with Crippen LogP contribution in [0, 0.1) is 0 Å². The lowest BCUT2D eigenvalue weighted by molar-refractivity contribution is 0.596. The maximum atomic E-state index is 12.0. The van der Waals surface area contributed by atoms with Crippen LogP contribution in [0.3, 0.4) is 0 Å². The molecule has 2 N–H and O–H groups in total. The molecule has 10 heteroatoms. The number of thiazole rings is 1. The standard InChI is InChI=1S/C7H6N2O4S4/c8-17(12,13)6-2-1-5(15-6)16(10,11)7-9-3-4-14-7/h1-4H,(H2,8,12,13). The summed E-state index contributed by atoms with van der Waals surface area (Å²) >= 11 is 1.58. The number of sulfone groups is 1. The molecule has 2 rings (SSSR count). The molecule has 0 unspecified atom stereocenters. The summed E-state index contributed by atoms with van der Waals surface area (Å²) in [5.74, 6) is 0. The Morgan fingerprint density at radius 3 is 2.24 bits per heavy atom. The van der Waals surface area contributed by atoms with Crippen molar-refractivity contribution in [2.75, 3.05) is 0 Å². The fraction of sp³-hybridized carbons (Fsp3) is 0. The first-order chi connectivity index (χ1) is 7.82. The van der Waals surface area contributed by atoms with Crippen LogP contribution in [-0.4, -0.2) is 21.8 Å². The van der Waals surface area contributed by atoms with Gasteiger partial charge in [0.2, 0.25) is 24.2 Å². The number of nitrogens with two attached hydrogens (primary N) is 1. The lowest BCUT2D eigenvalue weighted by Gasteiger charge is -1.95. The van der Waals surface area contributed by atoms with Crippen LogP contribution < -0.4 is 5.14 Å². The van der Waals surface area contributed by atoms with Gasteiger partial charge in [0.25, 0.3) is 0 Å². The average Bonchev–Trinajstić information content (AvgIpc) is 2.89. The van der Waals surface area contributed by atoms with E-state index in [2.05, 4.69) is 4.98 Å². The lowest BCUT2D eigenvalue weighted by Crippen LogP contribution is -2.09.